The van der Waals surface area contributed by atoms with Crippen LogP contribution in [0.4, 0.5) is 0 Å². The standard InChI is InChI=1S/C15H23ClN2O/c1-4-6-14(17)15(19)18(11(2)3)10-12-7-5-8-13(16)9-12/h5,7-9,11,14H,4,6,10,17H2,1-3H3/t14-/m1/s1. The minimum absolute atomic E-state index is 0.0109. The summed E-state index contributed by atoms with van der Waals surface area (Å²) in [6.07, 6.45) is 1.63. The molecule has 0 saturated carbocycles. The molecule has 0 fully saturated rings. The summed E-state index contributed by atoms with van der Waals surface area (Å²) in [6, 6.07) is 7.29. The van der Waals surface area contributed by atoms with E-state index >= 15 is 0 Å². The van der Waals surface area contributed by atoms with E-state index in [-0.39, 0.29) is 11.9 Å². The van der Waals surface area contributed by atoms with Gasteiger partial charge in [0.25, 0.3) is 0 Å². The van der Waals surface area contributed by atoms with E-state index in [0.29, 0.717) is 11.6 Å². The van der Waals surface area contributed by atoms with Crippen LogP contribution in [0.25, 0.3) is 0 Å². The molecule has 19 heavy (non-hydrogen) atoms. The molecular formula is C15H23ClN2O. The first kappa shape index (κ1) is 16.0. The third-order valence-corrected chi connectivity index (χ3v) is 3.30. The highest BCUT2D eigenvalue weighted by Gasteiger charge is 2.22. The van der Waals surface area contributed by atoms with E-state index in [0.717, 1.165) is 18.4 Å². The molecule has 0 aliphatic carbocycles. The molecular weight excluding hydrogens is 260 g/mol. The number of amides is 1. The van der Waals surface area contributed by atoms with Crippen molar-refractivity contribution < 1.29 is 4.79 Å². The third-order valence-electron chi connectivity index (χ3n) is 3.07. The van der Waals surface area contributed by atoms with E-state index in [1.165, 1.54) is 0 Å². The number of hydrogen-bond donors (Lipinski definition) is 1. The van der Waals surface area contributed by atoms with Gasteiger partial charge in [-0.1, -0.05) is 37.1 Å². The highest BCUT2D eigenvalue weighted by atomic mass is 35.5. The Labute approximate surface area is 120 Å². The van der Waals surface area contributed by atoms with E-state index in [4.69, 9.17) is 17.3 Å². The first-order valence-electron chi connectivity index (χ1n) is 6.76. The zero-order valence-electron chi connectivity index (χ0n) is 11.9. The number of carbonyl (C=O) groups is 1. The largest absolute Gasteiger partial charge is 0.335 e. The number of halogens is 1. The van der Waals surface area contributed by atoms with Crippen LogP contribution in [0.1, 0.15) is 39.2 Å². The summed E-state index contributed by atoms with van der Waals surface area (Å²) >= 11 is 5.97. The number of rotatable bonds is 6. The zero-order valence-corrected chi connectivity index (χ0v) is 12.7. The molecule has 0 unspecified atom stereocenters. The van der Waals surface area contributed by atoms with Crippen LogP contribution < -0.4 is 5.73 Å². The average Bonchev–Trinajstić information content (AvgIpc) is 2.35. The minimum atomic E-state index is -0.411. The molecule has 0 aromatic heterocycles. The summed E-state index contributed by atoms with van der Waals surface area (Å²) in [6.45, 7) is 6.58. The van der Waals surface area contributed by atoms with Crippen LogP contribution in [0.15, 0.2) is 24.3 Å². The monoisotopic (exact) mass is 282 g/mol. The smallest absolute Gasteiger partial charge is 0.240 e. The van der Waals surface area contributed by atoms with Crippen molar-refractivity contribution in [2.75, 3.05) is 0 Å². The Hall–Kier alpha value is -1.06. The van der Waals surface area contributed by atoms with Gasteiger partial charge in [-0.2, -0.15) is 0 Å². The Morgan fingerprint density at radius 3 is 2.63 bits per heavy atom. The van der Waals surface area contributed by atoms with E-state index in [2.05, 4.69) is 0 Å². The molecule has 1 aromatic rings. The van der Waals surface area contributed by atoms with Gasteiger partial charge in [0, 0.05) is 17.6 Å². The van der Waals surface area contributed by atoms with Gasteiger partial charge >= 0.3 is 0 Å². The molecule has 1 atom stereocenters. The molecule has 0 spiro atoms. The van der Waals surface area contributed by atoms with Crippen molar-refractivity contribution in [3.8, 4) is 0 Å². The van der Waals surface area contributed by atoms with Crippen molar-refractivity contribution in [2.45, 2.75) is 52.2 Å². The summed E-state index contributed by atoms with van der Waals surface area (Å²) in [7, 11) is 0. The quantitative estimate of drug-likeness (QED) is 0.871. The number of nitrogens with two attached hydrogens (primary N) is 1. The maximum atomic E-state index is 12.3. The number of benzene rings is 1. The number of hydrogen-bond acceptors (Lipinski definition) is 2. The van der Waals surface area contributed by atoms with E-state index in [1.54, 1.807) is 0 Å². The zero-order chi connectivity index (χ0) is 14.4. The Morgan fingerprint density at radius 2 is 2.11 bits per heavy atom. The van der Waals surface area contributed by atoms with Crippen LogP contribution in [0.2, 0.25) is 5.02 Å². The summed E-state index contributed by atoms with van der Waals surface area (Å²) < 4.78 is 0. The SMILES string of the molecule is CCC[C@@H](N)C(=O)N(Cc1cccc(Cl)c1)C(C)C. The van der Waals surface area contributed by atoms with Gasteiger partial charge in [0.15, 0.2) is 0 Å². The molecule has 0 radical (unpaired) electrons. The lowest BCUT2D eigenvalue weighted by Gasteiger charge is -2.29. The van der Waals surface area contributed by atoms with Crippen LogP contribution in [0.3, 0.4) is 0 Å². The lowest BCUT2D eigenvalue weighted by atomic mass is 10.1. The van der Waals surface area contributed by atoms with Gasteiger partial charge in [0.2, 0.25) is 5.91 Å². The molecule has 4 heteroatoms. The van der Waals surface area contributed by atoms with Gasteiger partial charge < -0.3 is 10.6 Å². The van der Waals surface area contributed by atoms with Crippen molar-refractivity contribution in [1.29, 1.82) is 0 Å². The van der Waals surface area contributed by atoms with Gasteiger partial charge in [-0.3, -0.25) is 4.79 Å². The molecule has 1 amide bonds. The van der Waals surface area contributed by atoms with Crippen molar-refractivity contribution in [3.63, 3.8) is 0 Å². The highest BCUT2D eigenvalue weighted by Crippen LogP contribution is 2.15. The first-order chi connectivity index (χ1) is 8.95. The molecule has 0 aliphatic rings. The number of nitrogens with zero attached hydrogens (tertiary/aromatic N) is 1. The summed E-state index contributed by atoms with van der Waals surface area (Å²) in [4.78, 5) is 14.1. The van der Waals surface area contributed by atoms with Gasteiger partial charge in [0.05, 0.1) is 6.04 Å². The maximum Gasteiger partial charge on any atom is 0.240 e. The second-order valence-electron chi connectivity index (χ2n) is 5.08. The van der Waals surface area contributed by atoms with Crippen molar-refractivity contribution in [2.24, 2.45) is 5.73 Å². The molecule has 2 N–H and O–H groups in total. The second-order valence-corrected chi connectivity index (χ2v) is 5.52. The van der Waals surface area contributed by atoms with Crippen LogP contribution in [-0.4, -0.2) is 22.9 Å². The first-order valence-corrected chi connectivity index (χ1v) is 7.14. The fourth-order valence-corrected chi connectivity index (χ4v) is 2.21. The summed E-state index contributed by atoms with van der Waals surface area (Å²) in [5.41, 5.74) is 6.96. The molecule has 0 aliphatic heterocycles. The molecule has 106 valence electrons. The van der Waals surface area contributed by atoms with Crippen LogP contribution >= 0.6 is 11.6 Å². The Bertz CT molecular complexity index is 420. The van der Waals surface area contributed by atoms with Gasteiger partial charge in [-0.15, -0.1) is 0 Å². The van der Waals surface area contributed by atoms with Crippen molar-refractivity contribution >= 4 is 17.5 Å². The van der Waals surface area contributed by atoms with Crippen LogP contribution in [0, 0.1) is 0 Å². The van der Waals surface area contributed by atoms with Crippen LogP contribution in [0.5, 0.6) is 0 Å². The predicted octanol–water partition coefficient (Wildman–Crippen LogP) is 3.20. The van der Waals surface area contributed by atoms with E-state index < -0.39 is 6.04 Å². The molecule has 0 bridgehead atoms. The van der Waals surface area contributed by atoms with Crippen molar-refractivity contribution in [3.05, 3.63) is 34.9 Å². The average molecular weight is 283 g/mol. The topological polar surface area (TPSA) is 46.3 Å². The summed E-state index contributed by atoms with van der Waals surface area (Å²) in [5.74, 6) is 0.0109. The Balaban J connectivity index is 2.81. The molecule has 3 nitrogen and oxygen atoms in total. The van der Waals surface area contributed by atoms with Crippen molar-refractivity contribution in [1.82, 2.24) is 4.90 Å². The Kier molecular flexibility index (Phi) is 6.32. The van der Waals surface area contributed by atoms with E-state index in [1.807, 2.05) is 49.9 Å². The van der Waals surface area contributed by atoms with Gasteiger partial charge in [-0.25, -0.2) is 0 Å². The molecule has 1 aromatic carbocycles. The van der Waals surface area contributed by atoms with Gasteiger partial charge in [0.1, 0.15) is 0 Å². The molecule has 0 heterocycles. The fourth-order valence-electron chi connectivity index (χ4n) is 1.99. The third kappa shape index (κ3) is 4.84. The number of carbonyl (C=O) groups excluding carboxylic acids is 1. The van der Waals surface area contributed by atoms with Crippen LogP contribution in [-0.2, 0) is 11.3 Å². The van der Waals surface area contributed by atoms with E-state index in [9.17, 15) is 4.79 Å². The minimum Gasteiger partial charge on any atom is -0.335 e. The lowest BCUT2D eigenvalue weighted by molar-refractivity contribution is -0.135. The Morgan fingerprint density at radius 1 is 1.42 bits per heavy atom. The lowest BCUT2D eigenvalue weighted by Crippen LogP contribution is -2.46. The highest BCUT2D eigenvalue weighted by molar-refractivity contribution is 6.30. The maximum absolute atomic E-state index is 12.3. The second kappa shape index (κ2) is 7.51. The fraction of sp³-hybridized carbons (Fsp3) is 0.533. The molecule has 1 rings (SSSR count). The normalized spacial score (nSPS) is 12.5. The summed E-state index contributed by atoms with van der Waals surface area (Å²) in [5, 5.41) is 0.687. The molecule has 0 saturated heterocycles. The van der Waals surface area contributed by atoms with Gasteiger partial charge in [-0.05, 0) is 38.0 Å². The predicted molar refractivity (Wildman–Crippen MR) is 80.0 cm³/mol.